The molecule has 2 aromatic rings. The summed E-state index contributed by atoms with van der Waals surface area (Å²) in [6.07, 6.45) is 0. The fourth-order valence-corrected chi connectivity index (χ4v) is 1.34. The summed E-state index contributed by atoms with van der Waals surface area (Å²) in [6.45, 7) is 4.14. The molecule has 0 unspecified atom stereocenters. The Bertz CT molecular complexity index is 369. The fourth-order valence-electron chi connectivity index (χ4n) is 1.34. The van der Waals surface area contributed by atoms with Crippen LogP contribution in [0.4, 0.5) is 0 Å². The first kappa shape index (κ1) is 12.6. The van der Waals surface area contributed by atoms with Crippen molar-refractivity contribution in [2.45, 2.75) is 13.8 Å². The molecule has 15 heavy (non-hydrogen) atoms. The third kappa shape index (κ3) is 3.23. The summed E-state index contributed by atoms with van der Waals surface area (Å²) in [5.41, 5.74) is 4.69. The molecular weight excluding hydrogens is 406 g/mol. The van der Waals surface area contributed by atoms with Crippen LogP contribution in [0.1, 0.15) is 11.1 Å². The van der Waals surface area contributed by atoms with E-state index in [1.54, 1.807) is 0 Å². The van der Waals surface area contributed by atoms with Gasteiger partial charge in [0.05, 0.1) is 0 Å². The maximum atomic E-state index is 3.24. The van der Waals surface area contributed by atoms with Crippen molar-refractivity contribution in [2.75, 3.05) is 0 Å². The summed E-state index contributed by atoms with van der Waals surface area (Å²) >= 11 is 0. The fraction of sp³-hybridized carbons (Fsp3) is 0.143. The van der Waals surface area contributed by atoms with Gasteiger partial charge in [0.15, 0.2) is 0 Å². The molecule has 0 nitrogen and oxygen atoms in total. The molecular formula is C14H12U. The van der Waals surface area contributed by atoms with Crippen LogP contribution in [0.15, 0.2) is 36.4 Å². The zero-order chi connectivity index (χ0) is 9.97. The quantitative estimate of drug-likeness (QED) is 0.622. The Morgan fingerprint density at radius 1 is 0.733 bits per heavy atom. The zero-order valence-electron chi connectivity index (χ0n) is 8.96. The van der Waals surface area contributed by atoms with Crippen molar-refractivity contribution in [1.82, 2.24) is 0 Å². The second-order valence-electron chi connectivity index (χ2n) is 3.56. The molecule has 2 rings (SSSR count). The van der Waals surface area contributed by atoms with Gasteiger partial charge in [0, 0.05) is 0 Å². The number of rotatable bonds is 1. The van der Waals surface area contributed by atoms with Crippen molar-refractivity contribution in [1.29, 1.82) is 0 Å². The van der Waals surface area contributed by atoms with Gasteiger partial charge in [0.2, 0.25) is 0 Å². The van der Waals surface area contributed by atoms with E-state index in [1.807, 2.05) is 12.1 Å². The van der Waals surface area contributed by atoms with E-state index >= 15 is 0 Å². The minimum atomic E-state index is 0. The molecule has 0 heterocycles. The topological polar surface area (TPSA) is 0 Å². The molecule has 72 valence electrons. The van der Waals surface area contributed by atoms with Crippen LogP contribution in [0.2, 0.25) is 0 Å². The van der Waals surface area contributed by atoms with Crippen molar-refractivity contribution in [2.24, 2.45) is 0 Å². The van der Waals surface area contributed by atoms with Crippen molar-refractivity contribution < 1.29 is 31.1 Å². The summed E-state index contributed by atoms with van der Waals surface area (Å²) in [7, 11) is 0. The molecule has 0 atom stereocenters. The Kier molecular flexibility index (Phi) is 4.64. The van der Waals surface area contributed by atoms with Gasteiger partial charge in [-0.3, -0.25) is 0 Å². The average molecular weight is 418 g/mol. The minimum absolute atomic E-state index is 0. The van der Waals surface area contributed by atoms with Gasteiger partial charge < -0.3 is 0 Å². The summed E-state index contributed by atoms with van der Waals surface area (Å²) < 4.78 is 0. The molecule has 2 aromatic carbocycles. The van der Waals surface area contributed by atoms with E-state index in [0.29, 0.717) is 0 Å². The molecule has 1 heteroatoms. The monoisotopic (exact) mass is 418 g/mol. The predicted molar refractivity (Wildman–Crippen MR) is 59.0 cm³/mol. The Labute approximate surface area is 115 Å². The third-order valence-corrected chi connectivity index (χ3v) is 2.23. The maximum absolute atomic E-state index is 3.24. The molecule has 0 aromatic heterocycles. The van der Waals surface area contributed by atoms with Gasteiger partial charge in [-0.05, 0) is 0 Å². The van der Waals surface area contributed by atoms with Crippen molar-refractivity contribution in [3.8, 4) is 11.1 Å². The molecule has 0 saturated heterocycles. The van der Waals surface area contributed by atoms with Crippen LogP contribution < -0.4 is 0 Å². The largest absolute Gasteiger partial charge is 2.00 e. The molecule has 0 radical (unpaired) electrons. The van der Waals surface area contributed by atoms with Gasteiger partial charge in [-0.2, -0.15) is 48.5 Å². The van der Waals surface area contributed by atoms with Gasteiger partial charge in [-0.1, -0.05) is 13.8 Å². The number of hydrogen-bond donors (Lipinski definition) is 0. The second kappa shape index (κ2) is 5.54. The van der Waals surface area contributed by atoms with Gasteiger partial charge in [-0.15, -0.1) is 11.1 Å². The first-order valence-corrected chi connectivity index (χ1v) is 4.73. The molecule has 0 saturated carbocycles. The molecule has 0 aliphatic rings. The van der Waals surface area contributed by atoms with Crippen LogP contribution in [-0.4, -0.2) is 0 Å². The van der Waals surface area contributed by atoms with E-state index < -0.39 is 0 Å². The predicted octanol–water partition coefficient (Wildman–Crippen LogP) is 3.57. The Morgan fingerprint density at radius 3 is 1.40 bits per heavy atom. The van der Waals surface area contributed by atoms with Crippen LogP contribution in [0.3, 0.4) is 0 Å². The molecule has 0 fully saturated rings. The van der Waals surface area contributed by atoms with Crippen LogP contribution in [0.25, 0.3) is 11.1 Å². The summed E-state index contributed by atoms with van der Waals surface area (Å²) in [4.78, 5) is 0. The Balaban J connectivity index is 0.00000112. The molecule has 0 aliphatic heterocycles. The van der Waals surface area contributed by atoms with Gasteiger partial charge in [0.1, 0.15) is 0 Å². The standard InChI is InChI=1S/C14H12.U/c1-11-3-7-13(8-4-11)14-9-5-12(2)6-10-14;/h3-7,9H,1-2H3;/q-2;+2. The van der Waals surface area contributed by atoms with Gasteiger partial charge in [0.25, 0.3) is 0 Å². The average Bonchev–Trinajstić information content (AvgIpc) is 2.21. The van der Waals surface area contributed by atoms with Gasteiger partial charge >= 0.3 is 31.1 Å². The number of hydrogen-bond acceptors (Lipinski definition) is 0. The van der Waals surface area contributed by atoms with Gasteiger partial charge in [-0.25, -0.2) is 11.1 Å². The van der Waals surface area contributed by atoms with E-state index in [0.717, 1.165) is 11.1 Å². The van der Waals surface area contributed by atoms with Crippen molar-refractivity contribution >= 4 is 0 Å². The van der Waals surface area contributed by atoms with Crippen molar-refractivity contribution in [3.05, 3.63) is 59.7 Å². The molecule has 0 spiro atoms. The SMILES string of the molecule is Cc1c[c-]c(-c2[c-]cc(C)cc2)cc1.[U+2]. The van der Waals surface area contributed by atoms with Crippen LogP contribution in [0.5, 0.6) is 0 Å². The van der Waals surface area contributed by atoms with Crippen LogP contribution in [-0.2, 0) is 0 Å². The normalized spacial score (nSPS) is 9.47. The smallest absolute Gasteiger partial charge is 0.226 e. The van der Waals surface area contributed by atoms with Crippen molar-refractivity contribution in [3.63, 3.8) is 0 Å². The van der Waals surface area contributed by atoms with Crippen LogP contribution >= 0.6 is 0 Å². The van der Waals surface area contributed by atoms with E-state index in [4.69, 9.17) is 0 Å². The summed E-state index contributed by atoms with van der Waals surface area (Å²) in [5.74, 6) is 0. The summed E-state index contributed by atoms with van der Waals surface area (Å²) in [5, 5.41) is 0. The van der Waals surface area contributed by atoms with E-state index in [-0.39, 0.29) is 31.1 Å². The third-order valence-electron chi connectivity index (χ3n) is 2.23. The number of benzene rings is 2. The molecule has 0 aliphatic carbocycles. The Hall–Kier alpha value is -0.508. The minimum Gasteiger partial charge on any atom is -0.226 e. The maximum Gasteiger partial charge on any atom is 2.00 e. The van der Waals surface area contributed by atoms with E-state index in [9.17, 15) is 0 Å². The number of aryl methyl sites for hydroxylation is 2. The second-order valence-corrected chi connectivity index (χ2v) is 3.56. The Morgan fingerprint density at radius 2 is 1.13 bits per heavy atom. The van der Waals surface area contributed by atoms with Crippen LogP contribution in [0, 0.1) is 57.1 Å². The molecule has 0 bridgehead atoms. The van der Waals surface area contributed by atoms with E-state index in [2.05, 4.69) is 50.2 Å². The zero-order valence-corrected chi connectivity index (χ0v) is 13.1. The first-order valence-electron chi connectivity index (χ1n) is 4.73. The first-order chi connectivity index (χ1) is 6.75. The molecule has 0 amide bonds. The molecule has 0 N–H and O–H groups in total. The summed E-state index contributed by atoms with van der Waals surface area (Å²) in [6, 6.07) is 18.8. The van der Waals surface area contributed by atoms with E-state index in [1.165, 1.54) is 11.1 Å².